The van der Waals surface area contributed by atoms with Crippen molar-refractivity contribution in [1.29, 1.82) is 0 Å². The topological polar surface area (TPSA) is 92.9 Å². The predicted molar refractivity (Wildman–Crippen MR) is 73.3 cm³/mol. The van der Waals surface area contributed by atoms with Crippen molar-refractivity contribution < 1.29 is 4.79 Å². The highest BCUT2D eigenvalue weighted by molar-refractivity contribution is 5.97. The number of nitrogens with two attached hydrogens (primary N) is 1. The minimum Gasteiger partial charge on any atom is -0.325 e. The van der Waals surface area contributed by atoms with Crippen molar-refractivity contribution in [2.45, 2.75) is 19.4 Å². The van der Waals surface area contributed by atoms with E-state index in [1.165, 1.54) is 4.57 Å². The van der Waals surface area contributed by atoms with Gasteiger partial charge in [-0.2, -0.15) is 0 Å². The summed E-state index contributed by atoms with van der Waals surface area (Å²) in [7, 11) is 0. The van der Waals surface area contributed by atoms with E-state index in [4.69, 9.17) is 5.73 Å². The number of nitrogens with zero attached hydrogens (tertiary/aromatic N) is 1. The molecule has 2 rings (SSSR count). The Bertz CT molecular complexity index is 632. The first-order chi connectivity index (χ1) is 8.88. The van der Waals surface area contributed by atoms with E-state index in [1.807, 2.05) is 0 Å². The molecule has 1 aromatic carbocycles. The first-order valence-electron chi connectivity index (χ1n) is 5.85. The summed E-state index contributed by atoms with van der Waals surface area (Å²) in [5, 5.41) is 2.71. The number of hydrogen-bond donors (Lipinski definition) is 3. The summed E-state index contributed by atoms with van der Waals surface area (Å²) in [6, 6.07) is 6.93. The second kappa shape index (κ2) is 4.74. The van der Waals surface area contributed by atoms with Gasteiger partial charge in [0.2, 0.25) is 5.91 Å². The van der Waals surface area contributed by atoms with Crippen LogP contribution in [0.25, 0.3) is 5.69 Å². The molecule has 2 aromatic rings. The average molecular weight is 260 g/mol. The van der Waals surface area contributed by atoms with Gasteiger partial charge in [-0.15, -0.1) is 0 Å². The van der Waals surface area contributed by atoms with E-state index < -0.39 is 5.54 Å². The highest BCUT2D eigenvalue weighted by Crippen LogP contribution is 2.13. The van der Waals surface area contributed by atoms with Gasteiger partial charge in [-0.3, -0.25) is 9.36 Å². The Kier molecular flexibility index (Phi) is 3.26. The molecule has 0 bridgehead atoms. The zero-order valence-corrected chi connectivity index (χ0v) is 10.8. The maximum Gasteiger partial charge on any atom is 0.330 e. The Morgan fingerprint density at radius 1 is 1.32 bits per heavy atom. The number of aromatic amines is 1. The van der Waals surface area contributed by atoms with Crippen molar-refractivity contribution >= 4 is 11.6 Å². The molecule has 19 heavy (non-hydrogen) atoms. The van der Waals surface area contributed by atoms with Crippen molar-refractivity contribution in [3.63, 3.8) is 0 Å². The minimum atomic E-state index is -0.934. The van der Waals surface area contributed by atoms with Gasteiger partial charge in [0.05, 0.1) is 11.2 Å². The molecule has 100 valence electrons. The van der Waals surface area contributed by atoms with Crippen LogP contribution in [0, 0.1) is 0 Å². The van der Waals surface area contributed by atoms with Crippen LogP contribution in [0.2, 0.25) is 0 Å². The van der Waals surface area contributed by atoms with E-state index in [2.05, 4.69) is 10.3 Å². The number of anilines is 1. The van der Waals surface area contributed by atoms with E-state index in [0.717, 1.165) is 5.69 Å². The number of nitrogens with one attached hydrogen (secondary N) is 2. The quantitative estimate of drug-likeness (QED) is 0.763. The van der Waals surface area contributed by atoms with Crippen LogP contribution < -0.4 is 16.7 Å². The highest BCUT2D eigenvalue weighted by Gasteiger charge is 2.21. The molecule has 0 aliphatic rings. The molecule has 0 fully saturated rings. The maximum atomic E-state index is 11.7. The standard InChI is InChI=1S/C13H16N4O2/c1-13(2,14)11(18)16-9-3-5-10(6-4-9)17-8-7-15-12(17)19/h3-8H,14H2,1-2H3,(H,15,19)(H,16,18). The molecule has 0 unspecified atom stereocenters. The Balaban J connectivity index is 2.18. The fourth-order valence-electron chi connectivity index (χ4n) is 1.52. The van der Waals surface area contributed by atoms with Crippen LogP contribution in [0.1, 0.15) is 13.8 Å². The Morgan fingerprint density at radius 2 is 1.95 bits per heavy atom. The first-order valence-corrected chi connectivity index (χ1v) is 5.85. The van der Waals surface area contributed by atoms with Crippen LogP contribution in [-0.2, 0) is 4.79 Å². The van der Waals surface area contributed by atoms with Gasteiger partial charge in [-0.05, 0) is 38.1 Å². The number of rotatable bonds is 3. The second-order valence-electron chi connectivity index (χ2n) is 4.86. The van der Waals surface area contributed by atoms with Crippen LogP contribution in [0.3, 0.4) is 0 Å². The Labute approximate surface area is 110 Å². The number of benzene rings is 1. The van der Waals surface area contributed by atoms with E-state index in [-0.39, 0.29) is 11.6 Å². The zero-order valence-electron chi connectivity index (χ0n) is 10.8. The van der Waals surface area contributed by atoms with Gasteiger partial charge in [-0.25, -0.2) is 4.79 Å². The van der Waals surface area contributed by atoms with E-state index in [1.54, 1.807) is 50.5 Å². The van der Waals surface area contributed by atoms with Gasteiger partial charge in [0.25, 0.3) is 0 Å². The van der Waals surface area contributed by atoms with Crippen molar-refractivity contribution in [3.05, 3.63) is 47.1 Å². The van der Waals surface area contributed by atoms with Gasteiger partial charge >= 0.3 is 5.69 Å². The summed E-state index contributed by atoms with van der Waals surface area (Å²) in [5.41, 5.74) is 5.90. The van der Waals surface area contributed by atoms with E-state index in [9.17, 15) is 9.59 Å². The van der Waals surface area contributed by atoms with Crippen LogP contribution in [-0.4, -0.2) is 21.0 Å². The average Bonchev–Trinajstić information content (AvgIpc) is 2.75. The summed E-state index contributed by atoms with van der Waals surface area (Å²) >= 11 is 0. The predicted octanol–water partition coefficient (Wildman–Crippen LogP) is 0.841. The summed E-state index contributed by atoms with van der Waals surface area (Å²) in [6.45, 7) is 3.27. The van der Waals surface area contributed by atoms with Gasteiger partial charge in [0.15, 0.2) is 0 Å². The molecule has 4 N–H and O–H groups in total. The van der Waals surface area contributed by atoms with Gasteiger partial charge in [-0.1, -0.05) is 0 Å². The van der Waals surface area contributed by atoms with Crippen molar-refractivity contribution in [1.82, 2.24) is 9.55 Å². The normalized spacial score (nSPS) is 11.3. The number of imidazole rings is 1. The van der Waals surface area contributed by atoms with Gasteiger partial charge in [0.1, 0.15) is 0 Å². The monoisotopic (exact) mass is 260 g/mol. The van der Waals surface area contributed by atoms with E-state index in [0.29, 0.717) is 5.69 Å². The van der Waals surface area contributed by atoms with Crippen LogP contribution in [0.15, 0.2) is 41.5 Å². The number of aromatic nitrogens is 2. The smallest absolute Gasteiger partial charge is 0.325 e. The lowest BCUT2D eigenvalue weighted by Gasteiger charge is -2.17. The third kappa shape index (κ3) is 2.92. The Hall–Kier alpha value is -2.34. The summed E-state index contributed by atoms with van der Waals surface area (Å²) < 4.78 is 1.47. The van der Waals surface area contributed by atoms with Crippen LogP contribution in [0.4, 0.5) is 5.69 Å². The van der Waals surface area contributed by atoms with Crippen LogP contribution in [0.5, 0.6) is 0 Å². The zero-order chi connectivity index (χ0) is 14.0. The first kappa shape index (κ1) is 13.1. The number of hydrogen-bond acceptors (Lipinski definition) is 3. The summed E-state index contributed by atoms with van der Waals surface area (Å²) in [4.78, 5) is 25.7. The molecule has 6 nitrogen and oxygen atoms in total. The molecule has 0 atom stereocenters. The molecular formula is C13H16N4O2. The SMILES string of the molecule is CC(C)(N)C(=O)Nc1ccc(-n2cc[nH]c2=O)cc1. The van der Waals surface area contributed by atoms with Gasteiger partial charge < -0.3 is 16.0 Å². The molecule has 6 heteroatoms. The fraction of sp³-hybridized carbons (Fsp3) is 0.231. The lowest BCUT2D eigenvalue weighted by Crippen LogP contribution is -2.45. The number of carbonyl (C=O) groups excluding carboxylic acids is 1. The van der Waals surface area contributed by atoms with Crippen molar-refractivity contribution in [2.75, 3.05) is 5.32 Å². The lowest BCUT2D eigenvalue weighted by molar-refractivity contribution is -0.120. The molecule has 0 spiro atoms. The molecule has 0 saturated carbocycles. The highest BCUT2D eigenvalue weighted by atomic mass is 16.2. The minimum absolute atomic E-state index is 0.208. The molecule has 0 aliphatic heterocycles. The maximum absolute atomic E-state index is 11.7. The molecular weight excluding hydrogens is 244 g/mol. The Morgan fingerprint density at radius 3 is 2.42 bits per heavy atom. The fourth-order valence-corrected chi connectivity index (χ4v) is 1.52. The van der Waals surface area contributed by atoms with Crippen molar-refractivity contribution in [3.8, 4) is 5.69 Å². The third-order valence-corrected chi connectivity index (χ3v) is 2.64. The molecule has 0 aliphatic carbocycles. The summed E-state index contributed by atoms with van der Waals surface area (Å²) in [5.74, 6) is -0.265. The second-order valence-corrected chi connectivity index (χ2v) is 4.86. The van der Waals surface area contributed by atoms with E-state index >= 15 is 0 Å². The molecule has 0 radical (unpaired) electrons. The van der Waals surface area contributed by atoms with Crippen LogP contribution >= 0.6 is 0 Å². The number of amides is 1. The molecule has 1 amide bonds. The summed E-state index contributed by atoms with van der Waals surface area (Å²) in [6.07, 6.45) is 3.20. The molecule has 1 heterocycles. The lowest BCUT2D eigenvalue weighted by atomic mass is 10.1. The largest absolute Gasteiger partial charge is 0.330 e. The number of H-pyrrole nitrogens is 1. The van der Waals surface area contributed by atoms with Crippen molar-refractivity contribution in [2.24, 2.45) is 5.73 Å². The molecule has 1 aromatic heterocycles. The molecule has 0 saturated heterocycles. The van der Waals surface area contributed by atoms with Gasteiger partial charge in [0, 0.05) is 18.1 Å². The third-order valence-electron chi connectivity index (χ3n) is 2.64. The number of carbonyl (C=O) groups is 1.